The van der Waals surface area contributed by atoms with Crippen LogP contribution in [-0.2, 0) is 0 Å². The Morgan fingerprint density at radius 2 is 2.13 bits per heavy atom. The van der Waals surface area contributed by atoms with E-state index in [0.717, 1.165) is 29.2 Å². The Morgan fingerprint density at radius 3 is 2.60 bits per heavy atom. The van der Waals surface area contributed by atoms with Gasteiger partial charge in [-0.25, -0.2) is 4.98 Å². The highest BCUT2D eigenvalue weighted by Gasteiger charge is 2.13. The number of pyridine rings is 1. The standard InChI is InChI=1S/C11H17N3S/c1-5-14(4)11-9(10(12)15)7(2)6-8(3)13-11/h6H,5H2,1-4H3,(H2,12,15). The molecule has 0 unspecified atom stereocenters. The van der Waals surface area contributed by atoms with Gasteiger partial charge in [0.15, 0.2) is 0 Å². The molecule has 0 amide bonds. The molecule has 1 aromatic rings. The smallest absolute Gasteiger partial charge is 0.139 e. The summed E-state index contributed by atoms with van der Waals surface area (Å²) < 4.78 is 0. The molecule has 0 saturated heterocycles. The van der Waals surface area contributed by atoms with E-state index in [1.165, 1.54) is 0 Å². The summed E-state index contributed by atoms with van der Waals surface area (Å²) >= 11 is 5.06. The summed E-state index contributed by atoms with van der Waals surface area (Å²) in [5.74, 6) is 0.877. The van der Waals surface area contributed by atoms with Crippen molar-refractivity contribution in [2.45, 2.75) is 20.8 Å². The van der Waals surface area contributed by atoms with Crippen LogP contribution in [0, 0.1) is 13.8 Å². The third kappa shape index (κ3) is 2.45. The van der Waals surface area contributed by atoms with Crippen LogP contribution in [0.1, 0.15) is 23.7 Å². The first-order chi connectivity index (χ1) is 6.97. The summed E-state index contributed by atoms with van der Waals surface area (Å²) in [7, 11) is 1.99. The third-order valence-electron chi connectivity index (χ3n) is 2.41. The Morgan fingerprint density at radius 1 is 1.53 bits per heavy atom. The molecule has 4 heteroatoms. The lowest BCUT2D eigenvalue weighted by atomic mass is 10.1. The lowest BCUT2D eigenvalue weighted by Crippen LogP contribution is -2.24. The third-order valence-corrected chi connectivity index (χ3v) is 2.61. The first kappa shape index (κ1) is 11.9. The first-order valence-corrected chi connectivity index (χ1v) is 5.37. The van der Waals surface area contributed by atoms with Crippen molar-refractivity contribution in [2.75, 3.05) is 18.5 Å². The fraction of sp³-hybridized carbons (Fsp3) is 0.455. The number of hydrogen-bond acceptors (Lipinski definition) is 3. The molecular weight excluding hydrogens is 206 g/mol. The summed E-state index contributed by atoms with van der Waals surface area (Å²) in [6, 6.07) is 2.00. The quantitative estimate of drug-likeness (QED) is 0.793. The second-order valence-electron chi connectivity index (χ2n) is 3.66. The number of hydrogen-bond donors (Lipinski definition) is 1. The normalized spacial score (nSPS) is 10.1. The van der Waals surface area contributed by atoms with E-state index in [4.69, 9.17) is 18.0 Å². The van der Waals surface area contributed by atoms with Gasteiger partial charge in [0.2, 0.25) is 0 Å². The number of nitrogens with zero attached hydrogens (tertiary/aromatic N) is 2. The number of anilines is 1. The molecule has 0 aliphatic carbocycles. The molecule has 82 valence electrons. The Hall–Kier alpha value is -1.16. The van der Waals surface area contributed by atoms with E-state index in [0.29, 0.717) is 4.99 Å². The summed E-state index contributed by atoms with van der Waals surface area (Å²) in [5.41, 5.74) is 8.69. The molecule has 1 aromatic heterocycles. The molecule has 0 aliphatic rings. The second-order valence-corrected chi connectivity index (χ2v) is 4.10. The molecule has 2 N–H and O–H groups in total. The Bertz CT molecular complexity index is 388. The fourth-order valence-corrected chi connectivity index (χ4v) is 1.80. The van der Waals surface area contributed by atoms with Crippen LogP contribution >= 0.6 is 12.2 Å². The molecule has 0 aromatic carbocycles. The number of aromatic nitrogens is 1. The molecule has 0 fully saturated rings. The fourth-order valence-electron chi connectivity index (χ4n) is 1.55. The van der Waals surface area contributed by atoms with Crippen LogP contribution in [0.5, 0.6) is 0 Å². The van der Waals surface area contributed by atoms with Crippen LogP contribution in [0.15, 0.2) is 6.07 Å². The van der Waals surface area contributed by atoms with Gasteiger partial charge < -0.3 is 10.6 Å². The molecule has 0 radical (unpaired) electrons. The van der Waals surface area contributed by atoms with Crippen molar-refractivity contribution in [3.8, 4) is 0 Å². The van der Waals surface area contributed by atoms with E-state index >= 15 is 0 Å². The van der Waals surface area contributed by atoms with Crippen LogP contribution < -0.4 is 10.6 Å². The SMILES string of the molecule is CCN(C)c1nc(C)cc(C)c1C(N)=S. The summed E-state index contributed by atoms with van der Waals surface area (Å²) in [6.45, 7) is 6.94. The summed E-state index contributed by atoms with van der Waals surface area (Å²) in [4.78, 5) is 6.95. The molecule has 0 atom stereocenters. The largest absolute Gasteiger partial charge is 0.389 e. The predicted octanol–water partition coefficient (Wildman–Crippen LogP) is 1.79. The van der Waals surface area contributed by atoms with E-state index in [9.17, 15) is 0 Å². The Balaban J connectivity index is 3.39. The number of thiocarbonyl (C=S) groups is 1. The van der Waals surface area contributed by atoms with Crippen molar-refractivity contribution in [1.82, 2.24) is 4.98 Å². The highest BCUT2D eigenvalue weighted by atomic mass is 32.1. The average Bonchev–Trinajstić information content (AvgIpc) is 2.14. The lowest BCUT2D eigenvalue weighted by molar-refractivity contribution is 0.925. The van der Waals surface area contributed by atoms with Crippen LogP contribution in [-0.4, -0.2) is 23.6 Å². The topological polar surface area (TPSA) is 42.2 Å². The van der Waals surface area contributed by atoms with Crippen molar-refractivity contribution in [2.24, 2.45) is 5.73 Å². The maximum absolute atomic E-state index is 5.72. The van der Waals surface area contributed by atoms with Crippen molar-refractivity contribution in [3.63, 3.8) is 0 Å². The van der Waals surface area contributed by atoms with Crippen molar-refractivity contribution < 1.29 is 0 Å². The minimum absolute atomic E-state index is 0.412. The molecule has 0 aliphatic heterocycles. The van der Waals surface area contributed by atoms with Crippen LogP contribution in [0.2, 0.25) is 0 Å². The van der Waals surface area contributed by atoms with E-state index in [2.05, 4.69) is 16.8 Å². The number of aryl methyl sites for hydroxylation is 2. The van der Waals surface area contributed by atoms with Crippen molar-refractivity contribution >= 4 is 23.0 Å². The van der Waals surface area contributed by atoms with Gasteiger partial charge in [-0.1, -0.05) is 12.2 Å². The van der Waals surface area contributed by atoms with Crippen LogP contribution in [0.4, 0.5) is 5.82 Å². The van der Waals surface area contributed by atoms with E-state index in [1.807, 2.05) is 27.0 Å². The Kier molecular flexibility index (Phi) is 3.63. The second kappa shape index (κ2) is 4.57. The molecule has 0 saturated carbocycles. The van der Waals surface area contributed by atoms with Gasteiger partial charge in [0.1, 0.15) is 10.8 Å². The van der Waals surface area contributed by atoms with E-state index in [-0.39, 0.29) is 0 Å². The number of rotatable bonds is 3. The minimum atomic E-state index is 0.412. The maximum atomic E-state index is 5.72. The molecule has 1 heterocycles. The zero-order valence-corrected chi connectivity index (χ0v) is 10.5. The van der Waals surface area contributed by atoms with E-state index < -0.39 is 0 Å². The summed E-state index contributed by atoms with van der Waals surface area (Å²) in [6.07, 6.45) is 0. The van der Waals surface area contributed by atoms with Gasteiger partial charge in [-0.15, -0.1) is 0 Å². The van der Waals surface area contributed by atoms with Crippen molar-refractivity contribution in [1.29, 1.82) is 0 Å². The van der Waals surface area contributed by atoms with Gasteiger partial charge in [0.25, 0.3) is 0 Å². The van der Waals surface area contributed by atoms with E-state index in [1.54, 1.807) is 0 Å². The van der Waals surface area contributed by atoms with Gasteiger partial charge in [-0.2, -0.15) is 0 Å². The predicted molar refractivity (Wildman–Crippen MR) is 68.5 cm³/mol. The first-order valence-electron chi connectivity index (χ1n) is 4.96. The molecular formula is C11H17N3S. The van der Waals surface area contributed by atoms with Crippen LogP contribution in [0.3, 0.4) is 0 Å². The van der Waals surface area contributed by atoms with Gasteiger partial charge in [0.05, 0.1) is 5.56 Å². The lowest BCUT2D eigenvalue weighted by Gasteiger charge is -2.21. The number of nitrogens with two attached hydrogens (primary N) is 1. The minimum Gasteiger partial charge on any atom is -0.389 e. The summed E-state index contributed by atoms with van der Waals surface area (Å²) in [5, 5.41) is 0. The zero-order chi connectivity index (χ0) is 11.6. The monoisotopic (exact) mass is 223 g/mol. The van der Waals surface area contributed by atoms with Gasteiger partial charge in [0, 0.05) is 19.3 Å². The maximum Gasteiger partial charge on any atom is 0.139 e. The zero-order valence-electron chi connectivity index (χ0n) is 9.66. The highest BCUT2D eigenvalue weighted by Crippen LogP contribution is 2.21. The highest BCUT2D eigenvalue weighted by molar-refractivity contribution is 7.80. The molecule has 1 rings (SSSR count). The molecule has 0 spiro atoms. The van der Waals surface area contributed by atoms with Crippen molar-refractivity contribution in [3.05, 3.63) is 22.9 Å². The van der Waals surface area contributed by atoms with Gasteiger partial charge in [-0.05, 0) is 32.4 Å². The van der Waals surface area contributed by atoms with Gasteiger partial charge in [-0.3, -0.25) is 0 Å². The average molecular weight is 223 g/mol. The van der Waals surface area contributed by atoms with Gasteiger partial charge >= 0.3 is 0 Å². The molecule has 3 nitrogen and oxygen atoms in total. The van der Waals surface area contributed by atoms with Crippen LogP contribution in [0.25, 0.3) is 0 Å². The molecule has 15 heavy (non-hydrogen) atoms. The Labute approximate surface area is 96.3 Å². The molecule has 0 bridgehead atoms.